The molecule has 0 aliphatic heterocycles. The van der Waals surface area contributed by atoms with Gasteiger partial charge in [-0.15, -0.1) is 0 Å². The molecule has 0 bridgehead atoms. The molecule has 2 unspecified atom stereocenters. The summed E-state index contributed by atoms with van der Waals surface area (Å²) in [4.78, 5) is 0. The van der Waals surface area contributed by atoms with Gasteiger partial charge in [0, 0.05) is 12.6 Å². The first-order valence-electron chi connectivity index (χ1n) is 7.08. The van der Waals surface area contributed by atoms with Crippen LogP contribution in [-0.2, 0) is 0 Å². The lowest BCUT2D eigenvalue weighted by atomic mass is 10.1. The number of ether oxygens (including phenoxy) is 1. The highest BCUT2D eigenvalue weighted by Crippen LogP contribution is 2.18. The van der Waals surface area contributed by atoms with E-state index in [4.69, 9.17) is 4.74 Å². The van der Waals surface area contributed by atoms with E-state index in [2.05, 4.69) is 26.1 Å². The maximum atomic E-state index is 10.1. The van der Waals surface area contributed by atoms with E-state index in [1.54, 1.807) is 0 Å². The van der Waals surface area contributed by atoms with Crippen molar-refractivity contribution in [3.8, 4) is 5.75 Å². The molecule has 3 heteroatoms. The Morgan fingerprint density at radius 3 is 2.11 bits per heavy atom. The number of aliphatic hydroxyl groups excluding tert-OH is 1. The second-order valence-electron chi connectivity index (χ2n) is 5.69. The van der Waals surface area contributed by atoms with Gasteiger partial charge in [0.05, 0.1) is 12.2 Å². The highest BCUT2D eigenvalue weighted by molar-refractivity contribution is 5.28. The van der Waals surface area contributed by atoms with Gasteiger partial charge in [0.1, 0.15) is 5.75 Å². The van der Waals surface area contributed by atoms with Gasteiger partial charge >= 0.3 is 0 Å². The predicted octanol–water partition coefficient (Wildman–Crippen LogP) is 3.14. The molecule has 0 heterocycles. The highest BCUT2D eigenvalue weighted by Gasteiger charge is 2.11. The molecule has 0 fully saturated rings. The summed E-state index contributed by atoms with van der Waals surface area (Å²) >= 11 is 0. The lowest BCUT2D eigenvalue weighted by Crippen LogP contribution is -2.34. The molecule has 1 aromatic carbocycles. The maximum absolute atomic E-state index is 10.1. The zero-order chi connectivity index (χ0) is 14.4. The van der Waals surface area contributed by atoms with Crippen LogP contribution in [0.1, 0.15) is 46.3 Å². The number of rotatable bonds is 7. The van der Waals surface area contributed by atoms with Crippen molar-refractivity contribution in [1.82, 2.24) is 5.32 Å². The number of benzene rings is 1. The van der Waals surface area contributed by atoms with Gasteiger partial charge in [-0.05, 0) is 44.4 Å². The van der Waals surface area contributed by atoms with Gasteiger partial charge in [0.25, 0.3) is 0 Å². The van der Waals surface area contributed by atoms with E-state index in [9.17, 15) is 5.11 Å². The molecule has 2 atom stereocenters. The molecular formula is C16H27NO2. The monoisotopic (exact) mass is 265 g/mol. The third-order valence-corrected chi connectivity index (χ3v) is 3.27. The molecule has 1 aromatic rings. The van der Waals surface area contributed by atoms with E-state index in [0.717, 1.165) is 11.3 Å². The number of hydrogen-bond acceptors (Lipinski definition) is 3. The van der Waals surface area contributed by atoms with Gasteiger partial charge in [0.2, 0.25) is 0 Å². The fraction of sp³-hybridized carbons (Fsp3) is 0.625. The summed E-state index contributed by atoms with van der Waals surface area (Å²) in [5, 5.41) is 13.5. The normalized spacial score (nSPS) is 14.7. The zero-order valence-electron chi connectivity index (χ0n) is 12.7. The van der Waals surface area contributed by atoms with E-state index in [0.29, 0.717) is 18.5 Å². The van der Waals surface area contributed by atoms with Gasteiger partial charge in [0.15, 0.2) is 0 Å². The molecule has 0 spiro atoms. The van der Waals surface area contributed by atoms with Gasteiger partial charge in [-0.3, -0.25) is 0 Å². The second kappa shape index (κ2) is 7.51. The molecule has 0 saturated heterocycles. The van der Waals surface area contributed by atoms with E-state index in [1.807, 2.05) is 38.1 Å². The Balaban J connectivity index is 2.50. The van der Waals surface area contributed by atoms with Crippen molar-refractivity contribution in [2.75, 3.05) is 6.54 Å². The largest absolute Gasteiger partial charge is 0.491 e. The SMILES string of the molecule is CC(C)Oc1ccc(C(O)CNC(C)C(C)C)cc1. The Kier molecular flexibility index (Phi) is 6.32. The lowest BCUT2D eigenvalue weighted by Gasteiger charge is -2.20. The zero-order valence-corrected chi connectivity index (χ0v) is 12.7. The van der Waals surface area contributed by atoms with Crippen LogP contribution in [0.15, 0.2) is 24.3 Å². The summed E-state index contributed by atoms with van der Waals surface area (Å²) in [5.41, 5.74) is 0.916. The molecule has 1 rings (SSSR count). The molecule has 0 aliphatic carbocycles. The third kappa shape index (κ3) is 5.62. The summed E-state index contributed by atoms with van der Waals surface area (Å²) in [6.45, 7) is 11.0. The Labute approximate surface area is 117 Å². The minimum absolute atomic E-state index is 0.171. The van der Waals surface area contributed by atoms with Crippen LogP contribution in [0.4, 0.5) is 0 Å². The van der Waals surface area contributed by atoms with Crippen molar-refractivity contribution in [1.29, 1.82) is 0 Å². The topological polar surface area (TPSA) is 41.5 Å². The van der Waals surface area contributed by atoms with Crippen molar-refractivity contribution in [2.24, 2.45) is 5.92 Å². The number of hydrogen-bond donors (Lipinski definition) is 2. The molecule has 0 saturated carbocycles. The smallest absolute Gasteiger partial charge is 0.119 e. The average Bonchev–Trinajstić information content (AvgIpc) is 2.35. The first-order valence-corrected chi connectivity index (χ1v) is 7.08. The maximum Gasteiger partial charge on any atom is 0.119 e. The number of aliphatic hydroxyl groups is 1. The predicted molar refractivity (Wildman–Crippen MR) is 79.5 cm³/mol. The minimum Gasteiger partial charge on any atom is -0.491 e. The summed E-state index contributed by atoms with van der Waals surface area (Å²) in [6, 6.07) is 8.06. The van der Waals surface area contributed by atoms with Gasteiger partial charge < -0.3 is 15.2 Å². The fourth-order valence-electron chi connectivity index (χ4n) is 1.69. The standard InChI is InChI=1S/C16H27NO2/c1-11(2)13(5)17-10-16(18)14-6-8-15(9-7-14)19-12(3)4/h6-9,11-13,16-18H,10H2,1-5H3. The van der Waals surface area contributed by atoms with Crippen molar-refractivity contribution >= 4 is 0 Å². The first-order chi connectivity index (χ1) is 8.90. The summed E-state index contributed by atoms with van der Waals surface area (Å²) in [7, 11) is 0. The molecule has 19 heavy (non-hydrogen) atoms. The summed E-state index contributed by atoms with van der Waals surface area (Å²) in [5.74, 6) is 1.41. The third-order valence-electron chi connectivity index (χ3n) is 3.27. The van der Waals surface area contributed by atoms with Crippen LogP contribution in [0.2, 0.25) is 0 Å². The fourth-order valence-corrected chi connectivity index (χ4v) is 1.69. The second-order valence-corrected chi connectivity index (χ2v) is 5.69. The molecule has 0 aromatic heterocycles. The van der Waals surface area contributed by atoms with Gasteiger partial charge in [-0.2, -0.15) is 0 Å². The molecule has 2 N–H and O–H groups in total. The minimum atomic E-state index is -0.478. The van der Waals surface area contributed by atoms with Crippen molar-refractivity contribution in [3.05, 3.63) is 29.8 Å². The Morgan fingerprint density at radius 2 is 1.63 bits per heavy atom. The summed E-state index contributed by atoms with van der Waals surface area (Å²) < 4.78 is 5.58. The molecule has 108 valence electrons. The quantitative estimate of drug-likeness (QED) is 0.796. The van der Waals surface area contributed by atoms with Crippen LogP contribution in [0.5, 0.6) is 5.75 Å². The average molecular weight is 265 g/mol. The van der Waals surface area contributed by atoms with Gasteiger partial charge in [-0.1, -0.05) is 26.0 Å². The first kappa shape index (κ1) is 16.0. The van der Waals surface area contributed by atoms with Crippen LogP contribution < -0.4 is 10.1 Å². The van der Waals surface area contributed by atoms with E-state index in [1.165, 1.54) is 0 Å². The van der Waals surface area contributed by atoms with Crippen LogP contribution in [0.25, 0.3) is 0 Å². The number of nitrogens with one attached hydrogen (secondary N) is 1. The van der Waals surface area contributed by atoms with Crippen LogP contribution in [0, 0.1) is 5.92 Å². The highest BCUT2D eigenvalue weighted by atomic mass is 16.5. The van der Waals surface area contributed by atoms with E-state index in [-0.39, 0.29) is 6.10 Å². The summed E-state index contributed by atoms with van der Waals surface area (Å²) in [6.07, 6.45) is -0.307. The molecular weight excluding hydrogens is 238 g/mol. The molecule has 0 aliphatic rings. The van der Waals surface area contributed by atoms with Crippen molar-refractivity contribution < 1.29 is 9.84 Å². The van der Waals surface area contributed by atoms with Crippen LogP contribution in [0.3, 0.4) is 0 Å². The van der Waals surface area contributed by atoms with Crippen LogP contribution >= 0.6 is 0 Å². The van der Waals surface area contributed by atoms with Crippen molar-refractivity contribution in [3.63, 3.8) is 0 Å². The van der Waals surface area contributed by atoms with Crippen LogP contribution in [-0.4, -0.2) is 23.8 Å². The molecule has 3 nitrogen and oxygen atoms in total. The van der Waals surface area contributed by atoms with E-state index >= 15 is 0 Å². The van der Waals surface area contributed by atoms with Crippen molar-refractivity contribution in [2.45, 2.75) is 52.9 Å². The van der Waals surface area contributed by atoms with Gasteiger partial charge in [-0.25, -0.2) is 0 Å². The molecule has 0 radical (unpaired) electrons. The Morgan fingerprint density at radius 1 is 1.05 bits per heavy atom. The Bertz CT molecular complexity index is 360. The Hall–Kier alpha value is -1.06. The molecule has 0 amide bonds. The lowest BCUT2D eigenvalue weighted by molar-refractivity contribution is 0.167. The van der Waals surface area contributed by atoms with E-state index < -0.39 is 6.10 Å².